The van der Waals surface area contributed by atoms with Gasteiger partial charge in [-0.1, -0.05) is 15.9 Å². The highest BCUT2D eigenvalue weighted by Gasteiger charge is 2.29. The van der Waals surface area contributed by atoms with E-state index in [4.69, 9.17) is 9.84 Å². The minimum absolute atomic E-state index is 0.375. The molecule has 4 nitrogen and oxygen atoms in total. The van der Waals surface area contributed by atoms with Crippen LogP contribution in [-0.2, 0) is 10.4 Å². The Morgan fingerprint density at radius 2 is 2.19 bits per heavy atom. The van der Waals surface area contributed by atoms with Crippen LogP contribution < -0.4 is 4.74 Å². The highest BCUT2D eigenvalue weighted by molar-refractivity contribution is 9.10. The molecule has 88 valence electrons. The average molecular weight is 289 g/mol. The number of hydrogen-bond acceptors (Lipinski definition) is 3. The molecule has 1 unspecified atom stereocenters. The number of aliphatic carboxylic acids is 1. The lowest BCUT2D eigenvalue weighted by Crippen LogP contribution is -2.25. The molecule has 0 aliphatic heterocycles. The number of carboxylic acids is 1. The third kappa shape index (κ3) is 2.96. The summed E-state index contributed by atoms with van der Waals surface area (Å²) in [5, 5.41) is 18.8. The fraction of sp³-hybridized carbons (Fsp3) is 0.364. The van der Waals surface area contributed by atoms with Gasteiger partial charge >= 0.3 is 5.97 Å². The highest BCUT2D eigenvalue weighted by atomic mass is 79.9. The normalized spacial score (nSPS) is 14.2. The number of carbonyl (C=O) groups is 1. The zero-order valence-corrected chi connectivity index (χ0v) is 10.6. The van der Waals surface area contributed by atoms with E-state index in [1.807, 2.05) is 0 Å². The third-order valence-corrected chi connectivity index (χ3v) is 2.73. The second-order valence-corrected chi connectivity index (χ2v) is 4.60. The first kappa shape index (κ1) is 13.0. The van der Waals surface area contributed by atoms with E-state index in [1.165, 1.54) is 14.0 Å². The van der Waals surface area contributed by atoms with Crippen molar-refractivity contribution >= 4 is 21.9 Å². The van der Waals surface area contributed by atoms with Crippen molar-refractivity contribution in [2.75, 3.05) is 7.11 Å². The van der Waals surface area contributed by atoms with E-state index < -0.39 is 11.6 Å². The Balaban J connectivity index is 3.18. The van der Waals surface area contributed by atoms with Gasteiger partial charge in [0.2, 0.25) is 0 Å². The molecule has 0 amide bonds. The first-order valence-corrected chi connectivity index (χ1v) is 5.44. The summed E-state index contributed by atoms with van der Waals surface area (Å²) in [6.45, 7) is 1.45. The number of halogens is 1. The van der Waals surface area contributed by atoms with Crippen molar-refractivity contribution in [3.05, 3.63) is 28.2 Å². The van der Waals surface area contributed by atoms with Gasteiger partial charge in [-0.15, -0.1) is 0 Å². The fourth-order valence-corrected chi connectivity index (χ4v) is 1.85. The van der Waals surface area contributed by atoms with E-state index in [2.05, 4.69) is 15.9 Å². The maximum absolute atomic E-state index is 10.7. The van der Waals surface area contributed by atoms with Crippen molar-refractivity contribution in [3.8, 4) is 5.75 Å². The molecule has 0 aliphatic carbocycles. The summed E-state index contributed by atoms with van der Waals surface area (Å²) < 4.78 is 5.85. The van der Waals surface area contributed by atoms with Crippen molar-refractivity contribution < 1.29 is 19.7 Å². The molecule has 5 heteroatoms. The molecule has 0 aliphatic rings. The van der Waals surface area contributed by atoms with Gasteiger partial charge in [0, 0.05) is 10.0 Å². The molecule has 0 aromatic heterocycles. The van der Waals surface area contributed by atoms with Crippen LogP contribution in [0.5, 0.6) is 5.75 Å². The topological polar surface area (TPSA) is 66.8 Å². The van der Waals surface area contributed by atoms with Gasteiger partial charge in [0.15, 0.2) is 0 Å². The second-order valence-electron chi connectivity index (χ2n) is 3.69. The van der Waals surface area contributed by atoms with Crippen molar-refractivity contribution in [3.63, 3.8) is 0 Å². The van der Waals surface area contributed by atoms with Crippen LogP contribution in [-0.4, -0.2) is 23.3 Å². The Morgan fingerprint density at radius 1 is 1.56 bits per heavy atom. The Kier molecular flexibility index (Phi) is 3.93. The highest BCUT2D eigenvalue weighted by Crippen LogP contribution is 2.34. The molecule has 2 N–H and O–H groups in total. The van der Waals surface area contributed by atoms with Crippen molar-refractivity contribution in [1.29, 1.82) is 0 Å². The monoisotopic (exact) mass is 288 g/mol. The van der Waals surface area contributed by atoms with E-state index in [-0.39, 0.29) is 6.42 Å². The SMILES string of the molecule is COc1ccc(Br)cc1C(C)(O)CC(=O)O. The summed E-state index contributed by atoms with van der Waals surface area (Å²) in [6, 6.07) is 5.09. The first-order valence-electron chi connectivity index (χ1n) is 4.65. The lowest BCUT2D eigenvalue weighted by atomic mass is 9.92. The molecule has 1 rings (SSSR count). The fourth-order valence-electron chi connectivity index (χ4n) is 1.49. The van der Waals surface area contributed by atoms with E-state index in [1.54, 1.807) is 18.2 Å². The number of rotatable bonds is 4. The molecule has 0 radical (unpaired) electrons. The maximum Gasteiger partial charge on any atom is 0.306 e. The summed E-state index contributed by atoms with van der Waals surface area (Å²) in [6.07, 6.45) is -0.375. The van der Waals surface area contributed by atoms with Gasteiger partial charge in [-0.2, -0.15) is 0 Å². The summed E-state index contributed by atoms with van der Waals surface area (Å²) in [4.78, 5) is 10.7. The number of carboxylic acid groups (broad SMARTS) is 1. The van der Waals surface area contributed by atoms with Gasteiger partial charge in [0.1, 0.15) is 11.4 Å². The predicted molar refractivity (Wildman–Crippen MR) is 62.5 cm³/mol. The van der Waals surface area contributed by atoms with E-state index in [0.717, 1.165) is 4.47 Å². The molecule has 1 atom stereocenters. The zero-order chi connectivity index (χ0) is 12.3. The van der Waals surface area contributed by atoms with Crippen molar-refractivity contribution in [2.45, 2.75) is 18.9 Å². The molecule has 0 saturated heterocycles. The van der Waals surface area contributed by atoms with Crippen molar-refractivity contribution in [1.82, 2.24) is 0 Å². The molecular weight excluding hydrogens is 276 g/mol. The Hall–Kier alpha value is -1.07. The number of aliphatic hydroxyl groups is 1. The number of benzene rings is 1. The van der Waals surface area contributed by atoms with Crippen LogP contribution in [0.25, 0.3) is 0 Å². The summed E-state index contributed by atoms with van der Waals surface area (Å²) in [7, 11) is 1.48. The van der Waals surface area contributed by atoms with Gasteiger partial charge in [0.25, 0.3) is 0 Å². The molecule has 1 aromatic carbocycles. The third-order valence-electron chi connectivity index (χ3n) is 2.24. The predicted octanol–water partition coefficient (Wildman–Crippen LogP) is 2.14. The first-order chi connectivity index (χ1) is 7.36. The molecule has 0 heterocycles. The minimum Gasteiger partial charge on any atom is -0.496 e. The molecule has 0 spiro atoms. The van der Waals surface area contributed by atoms with E-state index >= 15 is 0 Å². The smallest absolute Gasteiger partial charge is 0.306 e. The molecule has 0 bridgehead atoms. The van der Waals surface area contributed by atoms with Crippen LogP contribution >= 0.6 is 15.9 Å². The average Bonchev–Trinajstić information content (AvgIpc) is 2.15. The lowest BCUT2D eigenvalue weighted by molar-refractivity contribution is -0.142. The van der Waals surface area contributed by atoms with Crippen LogP contribution in [0.1, 0.15) is 18.9 Å². The van der Waals surface area contributed by atoms with E-state index in [9.17, 15) is 9.90 Å². The van der Waals surface area contributed by atoms with Crippen LogP contribution in [0, 0.1) is 0 Å². The molecular formula is C11H13BrO4. The van der Waals surface area contributed by atoms with Gasteiger partial charge < -0.3 is 14.9 Å². The minimum atomic E-state index is -1.46. The Bertz CT molecular complexity index is 401. The number of ether oxygens (including phenoxy) is 1. The van der Waals surface area contributed by atoms with Gasteiger partial charge in [-0.05, 0) is 25.1 Å². The Labute approximate surface area is 102 Å². The van der Waals surface area contributed by atoms with Gasteiger partial charge in [-0.3, -0.25) is 4.79 Å². The standard InChI is InChI=1S/C11H13BrO4/c1-11(15,6-10(13)14)8-5-7(12)3-4-9(8)16-2/h3-5,15H,6H2,1-2H3,(H,13,14). The second kappa shape index (κ2) is 4.84. The molecule has 0 fully saturated rings. The molecule has 1 aromatic rings. The molecule has 0 saturated carbocycles. The summed E-state index contributed by atoms with van der Waals surface area (Å²) in [5.74, 6) is -0.596. The van der Waals surface area contributed by atoms with Gasteiger partial charge in [0.05, 0.1) is 13.5 Å². The lowest BCUT2D eigenvalue weighted by Gasteiger charge is -2.24. The van der Waals surface area contributed by atoms with Crippen LogP contribution in [0.2, 0.25) is 0 Å². The number of methoxy groups -OCH3 is 1. The Morgan fingerprint density at radius 3 is 2.69 bits per heavy atom. The summed E-state index contributed by atoms with van der Waals surface area (Å²) in [5.41, 5.74) is -1.01. The van der Waals surface area contributed by atoms with Crippen LogP contribution in [0.3, 0.4) is 0 Å². The maximum atomic E-state index is 10.7. The largest absolute Gasteiger partial charge is 0.496 e. The van der Waals surface area contributed by atoms with E-state index in [0.29, 0.717) is 11.3 Å². The van der Waals surface area contributed by atoms with Crippen molar-refractivity contribution in [2.24, 2.45) is 0 Å². The molecule has 16 heavy (non-hydrogen) atoms. The quantitative estimate of drug-likeness (QED) is 0.891. The van der Waals surface area contributed by atoms with Crippen LogP contribution in [0.15, 0.2) is 22.7 Å². The zero-order valence-electron chi connectivity index (χ0n) is 9.03. The van der Waals surface area contributed by atoms with Crippen LogP contribution in [0.4, 0.5) is 0 Å². The summed E-state index contributed by atoms with van der Waals surface area (Å²) >= 11 is 3.27. The number of hydrogen-bond donors (Lipinski definition) is 2. The van der Waals surface area contributed by atoms with Gasteiger partial charge in [-0.25, -0.2) is 0 Å².